The second-order valence-corrected chi connectivity index (χ2v) is 3.59. The van der Waals surface area contributed by atoms with Crippen LogP contribution in [0.25, 0.3) is 0 Å². The normalized spacial score (nSPS) is 24.3. The average molecular weight is 223 g/mol. The minimum Gasteiger partial charge on any atom is -0.432 e. The van der Waals surface area contributed by atoms with Crippen molar-refractivity contribution in [2.24, 2.45) is 0 Å². The Hall–Kier alpha value is -1.46. The van der Waals surface area contributed by atoms with Gasteiger partial charge in [-0.3, -0.25) is 4.98 Å². The standard InChI is InChI=1S/C11H13NO4/c13-7-9-3-4-10(15-9)16-11(14)8-2-1-5-12-6-8/h1-2,5-6,9-10,13H,3-4,7H2/t9-,10?/m0/s1. The fraction of sp³-hybridized carbons (Fsp3) is 0.455. The van der Waals surface area contributed by atoms with Crippen LogP contribution in [0.15, 0.2) is 24.5 Å². The highest BCUT2D eigenvalue weighted by atomic mass is 16.7. The molecule has 5 heteroatoms. The van der Waals surface area contributed by atoms with E-state index in [-0.39, 0.29) is 12.7 Å². The Morgan fingerprint density at radius 2 is 2.50 bits per heavy atom. The Morgan fingerprint density at radius 3 is 3.12 bits per heavy atom. The Morgan fingerprint density at radius 1 is 1.62 bits per heavy atom. The van der Waals surface area contributed by atoms with E-state index in [9.17, 15) is 4.79 Å². The molecule has 5 nitrogen and oxygen atoms in total. The monoisotopic (exact) mass is 223 g/mol. The number of rotatable bonds is 3. The molecular weight excluding hydrogens is 210 g/mol. The summed E-state index contributed by atoms with van der Waals surface area (Å²) in [7, 11) is 0. The van der Waals surface area contributed by atoms with Crippen LogP contribution in [-0.4, -0.2) is 35.1 Å². The topological polar surface area (TPSA) is 68.7 Å². The lowest BCUT2D eigenvalue weighted by atomic mass is 10.2. The number of ether oxygens (including phenoxy) is 2. The molecule has 0 amide bonds. The molecule has 0 bridgehead atoms. The minimum absolute atomic E-state index is 0.0407. The van der Waals surface area contributed by atoms with Crippen molar-refractivity contribution in [1.82, 2.24) is 4.98 Å². The SMILES string of the molecule is O=C(OC1CC[C@@H](CO)O1)c1cccnc1. The molecule has 16 heavy (non-hydrogen) atoms. The molecule has 1 aromatic rings. The molecular formula is C11H13NO4. The molecule has 2 atom stereocenters. The predicted molar refractivity (Wildman–Crippen MR) is 54.6 cm³/mol. The van der Waals surface area contributed by atoms with Gasteiger partial charge in [-0.15, -0.1) is 0 Å². The fourth-order valence-electron chi connectivity index (χ4n) is 1.56. The minimum atomic E-state index is -0.551. The van der Waals surface area contributed by atoms with Crippen molar-refractivity contribution in [3.05, 3.63) is 30.1 Å². The van der Waals surface area contributed by atoms with Gasteiger partial charge in [0.1, 0.15) is 0 Å². The van der Waals surface area contributed by atoms with Crippen LogP contribution in [0.2, 0.25) is 0 Å². The van der Waals surface area contributed by atoms with E-state index in [1.807, 2.05) is 0 Å². The second-order valence-electron chi connectivity index (χ2n) is 3.59. The van der Waals surface area contributed by atoms with Gasteiger partial charge in [0.25, 0.3) is 0 Å². The van der Waals surface area contributed by atoms with Gasteiger partial charge in [-0.2, -0.15) is 0 Å². The van der Waals surface area contributed by atoms with Gasteiger partial charge in [0.15, 0.2) is 0 Å². The van der Waals surface area contributed by atoms with E-state index in [0.717, 1.165) is 0 Å². The maximum Gasteiger partial charge on any atom is 0.342 e. The van der Waals surface area contributed by atoms with Crippen molar-refractivity contribution in [3.63, 3.8) is 0 Å². The van der Waals surface area contributed by atoms with Crippen LogP contribution in [0.5, 0.6) is 0 Å². The summed E-state index contributed by atoms with van der Waals surface area (Å²) in [5.74, 6) is -0.448. The molecule has 1 saturated heterocycles. The first-order chi connectivity index (χ1) is 7.79. The lowest BCUT2D eigenvalue weighted by Gasteiger charge is -2.12. The summed E-state index contributed by atoms with van der Waals surface area (Å²) in [4.78, 5) is 15.4. The molecule has 0 spiro atoms. The zero-order valence-corrected chi connectivity index (χ0v) is 8.70. The lowest BCUT2D eigenvalue weighted by Crippen LogP contribution is -2.20. The van der Waals surface area contributed by atoms with Gasteiger partial charge < -0.3 is 14.6 Å². The zero-order valence-electron chi connectivity index (χ0n) is 8.70. The Kier molecular flexibility index (Phi) is 3.48. The van der Waals surface area contributed by atoms with Crippen LogP contribution in [0, 0.1) is 0 Å². The summed E-state index contributed by atoms with van der Waals surface area (Å²) in [6, 6.07) is 3.30. The van der Waals surface area contributed by atoms with Gasteiger partial charge in [-0.25, -0.2) is 4.79 Å². The fourth-order valence-corrected chi connectivity index (χ4v) is 1.56. The van der Waals surface area contributed by atoms with Crippen LogP contribution in [-0.2, 0) is 9.47 Å². The summed E-state index contributed by atoms with van der Waals surface area (Å²) >= 11 is 0. The van der Waals surface area contributed by atoms with E-state index in [1.165, 1.54) is 6.20 Å². The van der Waals surface area contributed by atoms with Gasteiger partial charge >= 0.3 is 5.97 Å². The number of hydrogen-bond acceptors (Lipinski definition) is 5. The third-order valence-corrected chi connectivity index (χ3v) is 2.41. The quantitative estimate of drug-likeness (QED) is 0.765. The van der Waals surface area contributed by atoms with Crippen LogP contribution in [0.1, 0.15) is 23.2 Å². The summed E-state index contributed by atoms with van der Waals surface area (Å²) in [5.41, 5.74) is 0.401. The van der Waals surface area contributed by atoms with Crippen LogP contribution >= 0.6 is 0 Å². The van der Waals surface area contributed by atoms with Crippen molar-refractivity contribution < 1.29 is 19.4 Å². The summed E-state index contributed by atoms with van der Waals surface area (Å²) in [6.07, 6.45) is 3.60. The van der Waals surface area contributed by atoms with Gasteiger partial charge in [0.2, 0.25) is 6.29 Å². The molecule has 86 valence electrons. The van der Waals surface area contributed by atoms with E-state index in [4.69, 9.17) is 14.6 Å². The van der Waals surface area contributed by atoms with Gasteiger partial charge in [-0.1, -0.05) is 0 Å². The van der Waals surface area contributed by atoms with Gasteiger partial charge in [0.05, 0.1) is 18.3 Å². The van der Waals surface area contributed by atoms with Crippen LogP contribution in [0.3, 0.4) is 0 Å². The van der Waals surface area contributed by atoms with E-state index in [2.05, 4.69) is 4.98 Å². The number of aliphatic hydroxyl groups excluding tert-OH is 1. The molecule has 0 saturated carbocycles. The third-order valence-electron chi connectivity index (χ3n) is 2.41. The highest BCUT2D eigenvalue weighted by molar-refractivity contribution is 5.88. The number of carbonyl (C=O) groups excluding carboxylic acids is 1. The number of hydrogen-bond donors (Lipinski definition) is 1. The van der Waals surface area contributed by atoms with Gasteiger partial charge in [0, 0.05) is 18.8 Å². The Balaban J connectivity index is 1.89. The first kappa shape index (κ1) is 11.0. The third kappa shape index (κ3) is 2.56. The Labute approximate surface area is 93.0 Å². The maximum absolute atomic E-state index is 11.6. The summed E-state index contributed by atoms with van der Waals surface area (Å²) in [5, 5.41) is 8.86. The number of aromatic nitrogens is 1. The highest BCUT2D eigenvalue weighted by Crippen LogP contribution is 2.21. The molecule has 0 aliphatic carbocycles. The first-order valence-corrected chi connectivity index (χ1v) is 5.17. The molecule has 1 fully saturated rings. The molecule has 1 aliphatic heterocycles. The van der Waals surface area contributed by atoms with Crippen molar-refractivity contribution >= 4 is 5.97 Å². The predicted octanol–water partition coefficient (Wildman–Crippen LogP) is 0.736. The number of esters is 1. The molecule has 2 heterocycles. The largest absolute Gasteiger partial charge is 0.432 e. The number of carbonyl (C=O) groups is 1. The lowest BCUT2D eigenvalue weighted by molar-refractivity contribution is -0.110. The van der Waals surface area contributed by atoms with E-state index in [1.54, 1.807) is 18.3 Å². The highest BCUT2D eigenvalue weighted by Gasteiger charge is 2.27. The molecule has 1 N–H and O–H groups in total. The van der Waals surface area contributed by atoms with Crippen molar-refractivity contribution in [2.45, 2.75) is 25.2 Å². The van der Waals surface area contributed by atoms with Crippen molar-refractivity contribution in [1.29, 1.82) is 0 Å². The number of nitrogens with zero attached hydrogens (tertiary/aromatic N) is 1. The Bertz CT molecular complexity index is 354. The van der Waals surface area contributed by atoms with Crippen LogP contribution < -0.4 is 0 Å². The molecule has 0 radical (unpaired) electrons. The molecule has 0 aromatic carbocycles. The van der Waals surface area contributed by atoms with E-state index < -0.39 is 12.3 Å². The molecule has 1 aliphatic rings. The van der Waals surface area contributed by atoms with Gasteiger partial charge in [-0.05, 0) is 18.6 Å². The van der Waals surface area contributed by atoms with Crippen LogP contribution in [0.4, 0.5) is 0 Å². The van der Waals surface area contributed by atoms with Crippen molar-refractivity contribution in [3.8, 4) is 0 Å². The molecule has 1 unspecified atom stereocenters. The van der Waals surface area contributed by atoms with E-state index >= 15 is 0 Å². The smallest absolute Gasteiger partial charge is 0.342 e. The van der Waals surface area contributed by atoms with E-state index in [0.29, 0.717) is 18.4 Å². The average Bonchev–Trinajstić information content (AvgIpc) is 2.78. The second kappa shape index (κ2) is 5.05. The zero-order chi connectivity index (χ0) is 11.4. The maximum atomic E-state index is 11.6. The summed E-state index contributed by atoms with van der Waals surface area (Å²) in [6.45, 7) is -0.0407. The molecule has 2 rings (SSSR count). The summed E-state index contributed by atoms with van der Waals surface area (Å²) < 4.78 is 10.4. The number of pyridine rings is 1. The van der Waals surface area contributed by atoms with Crippen molar-refractivity contribution in [2.75, 3.05) is 6.61 Å². The first-order valence-electron chi connectivity index (χ1n) is 5.17. The molecule has 1 aromatic heterocycles. The number of aliphatic hydroxyl groups is 1.